The molecular weight excluding hydrogens is 284 g/mol. The summed E-state index contributed by atoms with van der Waals surface area (Å²) in [6.07, 6.45) is 2.65. The van der Waals surface area contributed by atoms with Gasteiger partial charge in [0.05, 0.1) is 9.40 Å². The van der Waals surface area contributed by atoms with Crippen molar-refractivity contribution in [1.29, 1.82) is 0 Å². The van der Waals surface area contributed by atoms with E-state index in [0.29, 0.717) is 4.47 Å². The van der Waals surface area contributed by atoms with E-state index in [-0.39, 0.29) is 10.6 Å². The molecule has 0 heterocycles. The highest BCUT2D eigenvalue weighted by Crippen LogP contribution is 2.30. The Morgan fingerprint density at radius 1 is 1.53 bits per heavy atom. The first-order valence-electron chi connectivity index (χ1n) is 5.67. The second kappa shape index (κ2) is 5.14. The molecular formula is C12H15BrN2O2. The Kier molecular flexibility index (Phi) is 3.79. The molecule has 1 aromatic carbocycles. The van der Waals surface area contributed by atoms with Crippen LogP contribution in [-0.4, -0.2) is 23.4 Å². The first-order valence-corrected chi connectivity index (χ1v) is 6.47. The highest BCUT2D eigenvalue weighted by Gasteiger charge is 2.23. The fourth-order valence-corrected chi connectivity index (χ4v) is 2.31. The van der Waals surface area contributed by atoms with Crippen LogP contribution in [0.4, 0.5) is 5.69 Å². The summed E-state index contributed by atoms with van der Waals surface area (Å²) < 4.78 is 0.538. The third-order valence-corrected chi connectivity index (χ3v) is 3.60. The van der Waals surface area contributed by atoms with E-state index in [1.54, 1.807) is 12.1 Å². The summed E-state index contributed by atoms with van der Waals surface area (Å²) in [6.45, 7) is 1.86. The van der Waals surface area contributed by atoms with Crippen molar-refractivity contribution in [3.8, 4) is 0 Å². The molecule has 17 heavy (non-hydrogen) atoms. The van der Waals surface area contributed by atoms with Crippen molar-refractivity contribution in [3.63, 3.8) is 0 Å². The summed E-state index contributed by atoms with van der Waals surface area (Å²) in [4.78, 5) is 12.7. The fraction of sp³-hybridized carbons (Fsp3) is 0.500. The van der Waals surface area contributed by atoms with E-state index in [1.807, 2.05) is 6.07 Å². The molecule has 1 fully saturated rings. The molecule has 2 rings (SSSR count). The van der Waals surface area contributed by atoms with Gasteiger partial charge in [-0.2, -0.15) is 0 Å². The van der Waals surface area contributed by atoms with Gasteiger partial charge in [-0.15, -0.1) is 0 Å². The lowest BCUT2D eigenvalue weighted by molar-refractivity contribution is -0.385. The van der Waals surface area contributed by atoms with E-state index in [4.69, 9.17) is 0 Å². The molecule has 0 spiro atoms. The zero-order chi connectivity index (χ0) is 12.4. The lowest BCUT2D eigenvalue weighted by Crippen LogP contribution is -2.20. The van der Waals surface area contributed by atoms with E-state index in [0.717, 1.165) is 24.6 Å². The van der Waals surface area contributed by atoms with Gasteiger partial charge in [-0.3, -0.25) is 10.1 Å². The molecule has 0 saturated heterocycles. The number of hydrogen-bond acceptors (Lipinski definition) is 3. The van der Waals surface area contributed by atoms with Gasteiger partial charge < -0.3 is 4.90 Å². The predicted octanol–water partition coefficient (Wildman–Crippen LogP) is 3.20. The van der Waals surface area contributed by atoms with Crippen LogP contribution in [-0.2, 0) is 6.54 Å². The second-order valence-corrected chi connectivity index (χ2v) is 5.54. The summed E-state index contributed by atoms with van der Waals surface area (Å²) in [6, 6.07) is 5.33. The summed E-state index contributed by atoms with van der Waals surface area (Å²) in [5, 5.41) is 10.8. The molecule has 1 aliphatic carbocycles. The van der Waals surface area contributed by atoms with Crippen molar-refractivity contribution in [1.82, 2.24) is 4.90 Å². The van der Waals surface area contributed by atoms with Gasteiger partial charge in [-0.25, -0.2) is 0 Å². The van der Waals surface area contributed by atoms with Crippen molar-refractivity contribution < 1.29 is 4.92 Å². The number of benzene rings is 1. The van der Waals surface area contributed by atoms with Crippen LogP contribution in [0.3, 0.4) is 0 Å². The minimum atomic E-state index is -0.353. The van der Waals surface area contributed by atoms with Gasteiger partial charge in [0, 0.05) is 19.2 Å². The topological polar surface area (TPSA) is 46.4 Å². The molecule has 0 radical (unpaired) electrons. The van der Waals surface area contributed by atoms with Crippen molar-refractivity contribution in [3.05, 3.63) is 38.3 Å². The molecule has 5 heteroatoms. The van der Waals surface area contributed by atoms with Crippen LogP contribution in [0.15, 0.2) is 22.7 Å². The van der Waals surface area contributed by atoms with E-state index in [9.17, 15) is 10.1 Å². The average molecular weight is 299 g/mol. The van der Waals surface area contributed by atoms with Crippen LogP contribution in [0.2, 0.25) is 0 Å². The minimum absolute atomic E-state index is 0.141. The summed E-state index contributed by atoms with van der Waals surface area (Å²) in [5.41, 5.74) is 1.13. The first-order chi connectivity index (χ1) is 8.06. The quantitative estimate of drug-likeness (QED) is 0.619. The number of nitro benzene ring substituents is 1. The SMILES string of the molecule is CN(Cc1ccc(Br)c([N+](=O)[O-])c1)CC1CC1. The Hall–Kier alpha value is -0.940. The minimum Gasteiger partial charge on any atom is -0.302 e. The largest absolute Gasteiger partial charge is 0.302 e. The van der Waals surface area contributed by atoms with Crippen molar-refractivity contribution in [2.24, 2.45) is 5.92 Å². The van der Waals surface area contributed by atoms with Gasteiger partial charge in [0.1, 0.15) is 0 Å². The van der Waals surface area contributed by atoms with E-state index < -0.39 is 0 Å². The number of halogens is 1. The van der Waals surface area contributed by atoms with Crippen molar-refractivity contribution in [2.45, 2.75) is 19.4 Å². The first kappa shape index (κ1) is 12.5. The smallest absolute Gasteiger partial charge is 0.283 e. The molecule has 0 atom stereocenters. The molecule has 1 aliphatic rings. The van der Waals surface area contributed by atoms with E-state index in [2.05, 4.69) is 27.9 Å². The zero-order valence-corrected chi connectivity index (χ0v) is 11.3. The highest BCUT2D eigenvalue weighted by atomic mass is 79.9. The molecule has 0 bridgehead atoms. The Morgan fingerprint density at radius 2 is 2.24 bits per heavy atom. The number of hydrogen-bond donors (Lipinski definition) is 0. The van der Waals surface area contributed by atoms with Crippen molar-refractivity contribution in [2.75, 3.05) is 13.6 Å². The Morgan fingerprint density at radius 3 is 2.82 bits per heavy atom. The van der Waals surface area contributed by atoms with Gasteiger partial charge in [0.2, 0.25) is 0 Å². The van der Waals surface area contributed by atoms with Gasteiger partial charge in [0.25, 0.3) is 5.69 Å². The van der Waals surface area contributed by atoms with Gasteiger partial charge in [-0.1, -0.05) is 6.07 Å². The van der Waals surface area contributed by atoms with Crippen LogP contribution >= 0.6 is 15.9 Å². The Labute approximate surface area is 109 Å². The molecule has 4 nitrogen and oxygen atoms in total. The van der Waals surface area contributed by atoms with Crippen LogP contribution < -0.4 is 0 Å². The molecule has 0 unspecified atom stereocenters. The lowest BCUT2D eigenvalue weighted by atomic mass is 10.2. The Bertz CT molecular complexity index is 433. The molecule has 0 aliphatic heterocycles. The normalized spacial score (nSPS) is 15.2. The van der Waals surface area contributed by atoms with E-state index >= 15 is 0 Å². The average Bonchev–Trinajstić information content (AvgIpc) is 3.04. The monoisotopic (exact) mass is 298 g/mol. The molecule has 0 N–H and O–H groups in total. The van der Waals surface area contributed by atoms with Crippen molar-refractivity contribution >= 4 is 21.6 Å². The summed E-state index contributed by atoms with van der Waals surface area (Å²) >= 11 is 3.19. The third-order valence-electron chi connectivity index (χ3n) is 2.93. The zero-order valence-electron chi connectivity index (χ0n) is 9.73. The lowest BCUT2D eigenvalue weighted by Gasteiger charge is -2.16. The molecule has 92 valence electrons. The predicted molar refractivity (Wildman–Crippen MR) is 69.9 cm³/mol. The molecule has 0 amide bonds. The summed E-state index contributed by atoms with van der Waals surface area (Å²) in [7, 11) is 2.06. The highest BCUT2D eigenvalue weighted by molar-refractivity contribution is 9.10. The fourth-order valence-electron chi connectivity index (χ4n) is 1.91. The molecule has 1 saturated carbocycles. The van der Waals surface area contributed by atoms with E-state index in [1.165, 1.54) is 12.8 Å². The van der Waals surface area contributed by atoms with Crippen LogP contribution in [0.1, 0.15) is 18.4 Å². The van der Waals surface area contributed by atoms with Gasteiger partial charge >= 0.3 is 0 Å². The molecule has 1 aromatic rings. The Balaban J connectivity index is 2.04. The third kappa shape index (κ3) is 3.51. The maximum atomic E-state index is 10.8. The molecule has 0 aromatic heterocycles. The number of nitrogens with zero attached hydrogens (tertiary/aromatic N) is 2. The van der Waals surface area contributed by atoms with Gasteiger partial charge in [0.15, 0.2) is 0 Å². The van der Waals surface area contributed by atoms with Crippen LogP contribution in [0, 0.1) is 16.0 Å². The number of nitro groups is 1. The number of rotatable bonds is 5. The second-order valence-electron chi connectivity index (χ2n) is 4.68. The van der Waals surface area contributed by atoms with Crippen LogP contribution in [0.25, 0.3) is 0 Å². The summed E-state index contributed by atoms with van der Waals surface area (Å²) in [5.74, 6) is 0.838. The maximum absolute atomic E-state index is 10.8. The standard InChI is InChI=1S/C12H15BrN2O2/c1-14(7-9-2-3-9)8-10-4-5-11(13)12(6-10)15(16)17/h4-6,9H,2-3,7-8H2,1H3. The van der Waals surface area contributed by atoms with Crippen LogP contribution in [0.5, 0.6) is 0 Å². The van der Waals surface area contributed by atoms with Gasteiger partial charge in [-0.05, 0) is 53.4 Å². The maximum Gasteiger partial charge on any atom is 0.283 e.